The van der Waals surface area contributed by atoms with Crippen LogP contribution in [-0.4, -0.2) is 5.33 Å². The molecule has 0 saturated heterocycles. The smallest absolute Gasteiger partial charge is 0.00906 e. The molecule has 102 valence electrons. The lowest BCUT2D eigenvalue weighted by atomic mass is 9.59. The molecule has 0 aromatic rings. The molecule has 0 aromatic carbocycles. The maximum Gasteiger partial charge on any atom is 0.00906 e. The summed E-state index contributed by atoms with van der Waals surface area (Å²) in [5.41, 5.74) is 1.11. The molecule has 17 heavy (non-hydrogen) atoms. The molecule has 0 heterocycles. The first-order valence-corrected chi connectivity index (χ1v) is 8.57. The SMILES string of the molecule is CCC(CC)C1(CBr)CCC(C(C)(C)C)CC1. The fourth-order valence-electron chi connectivity index (χ4n) is 3.86. The quantitative estimate of drug-likeness (QED) is 0.555. The second kappa shape index (κ2) is 6.08. The van der Waals surface area contributed by atoms with Gasteiger partial charge >= 0.3 is 0 Å². The fraction of sp³-hybridized carbons (Fsp3) is 1.00. The zero-order chi connectivity index (χ0) is 13.1. The predicted octanol–water partition coefficient (Wildman–Crippen LogP) is 6.04. The molecule has 0 aromatic heterocycles. The highest BCUT2D eigenvalue weighted by Gasteiger charge is 2.41. The lowest BCUT2D eigenvalue weighted by Crippen LogP contribution is -2.38. The van der Waals surface area contributed by atoms with Crippen LogP contribution in [0.2, 0.25) is 0 Å². The molecule has 1 rings (SSSR count). The van der Waals surface area contributed by atoms with E-state index in [2.05, 4.69) is 50.5 Å². The van der Waals surface area contributed by atoms with Crippen molar-refractivity contribution in [2.45, 2.75) is 73.1 Å². The molecular weight excluding hydrogens is 272 g/mol. The summed E-state index contributed by atoms with van der Waals surface area (Å²) in [6.07, 6.45) is 8.45. The van der Waals surface area contributed by atoms with Crippen LogP contribution >= 0.6 is 15.9 Å². The van der Waals surface area contributed by atoms with Crippen LogP contribution in [0.3, 0.4) is 0 Å². The van der Waals surface area contributed by atoms with Gasteiger partial charge in [-0.2, -0.15) is 0 Å². The monoisotopic (exact) mass is 302 g/mol. The molecule has 0 bridgehead atoms. The molecule has 0 N–H and O–H groups in total. The van der Waals surface area contributed by atoms with Crippen LogP contribution < -0.4 is 0 Å². The Kier molecular flexibility index (Phi) is 5.56. The molecule has 1 fully saturated rings. The molecule has 0 aliphatic heterocycles. The van der Waals surface area contributed by atoms with Crippen LogP contribution in [0.4, 0.5) is 0 Å². The Bertz CT molecular complexity index is 214. The molecule has 1 heteroatoms. The van der Waals surface area contributed by atoms with E-state index in [-0.39, 0.29) is 0 Å². The zero-order valence-electron chi connectivity index (χ0n) is 12.5. The van der Waals surface area contributed by atoms with Gasteiger partial charge in [0.2, 0.25) is 0 Å². The maximum atomic E-state index is 3.82. The Morgan fingerprint density at radius 1 is 1.12 bits per heavy atom. The Hall–Kier alpha value is 0.480. The van der Waals surface area contributed by atoms with Crippen molar-refractivity contribution in [2.75, 3.05) is 5.33 Å². The van der Waals surface area contributed by atoms with E-state index in [0.717, 1.165) is 11.8 Å². The largest absolute Gasteiger partial charge is 0.0922 e. The third-order valence-electron chi connectivity index (χ3n) is 5.32. The fourth-order valence-corrected chi connectivity index (χ4v) is 4.88. The summed E-state index contributed by atoms with van der Waals surface area (Å²) in [7, 11) is 0. The van der Waals surface area contributed by atoms with Crippen LogP contribution in [0.15, 0.2) is 0 Å². The van der Waals surface area contributed by atoms with Crippen molar-refractivity contribution in [3.8, 4) is 0 Å². The van der Waals surface area contributed by atoms with Gasteiger partial charge in [-0.1, -0.05) is 63.4 Å². The summed E-state index contributed by atoms with van der Waals surface area (Å²) in [4.78, 5) is 0. The van der Waals surface area contributed by atoms with Gasteiger partial charge in [-0.3, -0.25) is 0 Å². The van der Waals surface area contributed by atoms with Crippen LogP contribution in [0.5, 0.6) is 0 Å². The highest BCUT2D eigenvalue weighted by Crippen LogP contribution is 2.51. The molecule has 0 radical (unpaired) electrons. The predicted molar refractivity (Wildman–Crippen MR) is 81.7 cm³/mol. The topological polar surface area (TPSA) is 0 Å². The van der Waals surface area contributed by atoms with Crippen molar-refractivity contribution in [1.82, 2.24) is 0 Å². The van der Waals surface area contributed by atoms with Crippen LogP contribution in [0.25, 0.3) is 0 Å². The van der Waals surface area contributed by atoms with Crippen molar-refractivity contribution in [3.63, 3.8) is 0 Å². The number of alkyl halides is 1. The third kappa shape index (κ3) is 3.49. The van der Waals surface area contributed by atoms with E-state index < -0.39 is 0 Å². The Labute approximate surface area is 117 Å². The van der Waals surface area contributed by atoms with Crippen molar-refractivity contribution >= 4 is 15.9 Å². The summed E-state index contributed by atoms with van der Waals surface area (Å²) in [6, 6.07) is 0. The van der Waals surface area contributed by atoms with Gasteiger partial charge in [0.25, 0.3) is 0 Å². The van der Waals surface area contributed by atoms with Gasteiger partial charge < -0.3 is 0 Å². The Morgan fingerprint density at radius 3 is 1.88 bits per heavy atom. The molecule has 0 amide bonds. The van der Waals surface area contributed by atoms with E-state index in [1.807, 2.05) is 0 Å². The van der Waals surface area contributed by atoms with E-state index in [4.69, 9.17) is 0 Å². The first kappa shape index (κ1) is 15.5. The second-order valence-electron chi connectivity index (χ2n) is 7.15. The number of halogens is 1. The zero-order valence-corrected chi connectivity index (χ0v) is 14.1. The first-order chi connectivity index (χ1) is 7.89. The van der Waals surface area contributed by atoms with Gasteiger partial charge in [-0.05, 0) is 48.3 Å². The minimum Gasteiger partial charge on any atom is -0.0922 e. The van der Waals surface area contributed by atoms with Gasteiger partial charge in [0.15, 0.2) is 0 Å². The lowest BCUT2D eigenvalue weighted by Gasteiger charge is -2.47. The van der Waals surface area contributed by atoms with Crippen molar-refractivity contribution in [3.05, 3.63) is 0 Å². The highest BCUT2D eigenvalue weighted by molar-refractivity contribution is 9.09. The summed E-state index contributed by atoms with van der Waals surface area (Å²) in [6.45, 7) is 12.0. The summed E-state index contributed by atoms with van der Waals surface area (Å²) < 4.78 is 0. The second-order valence-corrected chi connectivity index (χ2v) is 7.71. The van der Waals surface area contributed by atoms with Crippen molar-refractivity contribution in [1.29, 1.82) is 0 Å². The Morgan fingerprint density at radius 2 is 1.59 bits per heavy atom. The van der Waals surface area contributed by atoms with Gasteiger partial charge in [-0.15, -0.1) is 0 Å². The standard InChI is InChI=1S/C16H31Br/c1-6-13(7-2)16(12-17)10-8-14(9-11-16)15(3,4)5/h13-14H,6-12H2,1-5H3. The maximum absolute atomic E-state index is 3.82. The van der Waals surface area contributed by atoms with E-state index >= 15 is 0 Å². The van der Waals surface area contributed by atoms with Crippen LogP contribution in [0, 0.1) is 22.7 Å². The van der Waals surface area contributed by atoms with Gasteiger partial charge in [0.05, 0.1) is 0 Å². The molecule has 0 atom stereocenters. The van der Waals surface area contributed by atoms with E-state index in [9.17, 15) is 0 Å². The number of rotatable bonds is 4. The van der Waals surface area contributed by atoms with Crippen molar-refractivity contribution in [2.24, 2.45) is 22.7 Å². The average molecular weight is 303 g/mol. The molecule has 0 spiro atoms. The summed E-state index contributed by atoms with van der Waals surface area (Å²) >= 11 is 3.82. The summed E-state index contributed by atoms with van der Waals surface area (Å²) in [5.74, 6) is 1.85. The first-order valence-electron chi connectivity index (χ1n) is 7.45. The molecule has 0 unspecified atom stereocenters. The minimum absolute atomic E-state index is 0.506. The summed E-state index contributed by atoms with van der Waals surface area (Å²) in [5, 5.41) is 1.21. The average Bonchev–Trinajstić information content (AvgIpc) is 2.30. The molecule has 1 saturated carbocycles. The van der Waals surface area contributed by atoms with Gasteiger partial charge in [0, 0.05) is 5.33 Å². The van der Waals surface area contributed by atoms with Gasteiger partial charge in [0.1, 0.15) is 0 Å². The number of hydrogen-bond donors (Lipinski definition) is 0. The number of hydrogen-bond acceptors (Lipinski definition) is 0. The van der Waals surface area contributed by atoms with Crippen LogP contribution in [0.1, 0.15) is 73.1 Å². The van der Waals surface area contributed by atoms with Crippen molar-refractivity contribution < 1.29 is 0 Å². The molecule has 1 aliphatic rings. The van der Waals surface area contributed by atoms with Crippen LogP contribution in [-0.2, 0) is 0 Å². The van der Waals surface area contributed by atoms with E-state index in [1.54, 1.807) is 0 Å². The molecular formula is C16H31Br. The molecule has 1 aliphatic carbocycles. The third-order valence-corrected chi connectivity index (χ3v) is 6.44. The van der Waals surface area contributed by atoms with E-state index in [1.165, 1.54) is 43.9 Å². The highest BCUT2D eigenvalue weighted by atomic mass is 79.9. The minimum atomic E-state index is 0.506. The van der Waals surface area contributed by atoms with Gasteiger partial charge in [-0.25, -0.2) is 0 Å². The Balaban J connectivity index is 2.69. The lowest BCUT2D eigenvalue weighted by molar-refractivity contribution is 0.0548. The molecule has 0 nitrogen and oxygen atoms in total. The van der Waals surface area contributed by atoms with E-state index in [0.29, 0.717) is 10.8 Å². The normalized spacial score (nSPS) is 30.9.